The van der Waals surface area contributed by atoms with Gasteiger partial charge in [0.1, 0.15) is 0 Å². The van der Waals surface area contributed by atoms with E-state index in [-0.39, 0.29) is 18.0 Å². The highest BCUT2D eigenvalue weighted by Crippen LogP contribution is 2.35. The van der Waals surface area contributed by atoms with Crippen LogP contribution in [-0.4, -0.2) is 37.1 Å². The van der Waals surface area contributed by atoms with E-state index in [0.717, 1.165) is 15.8 Å². The van der Waals surface area contributed by atoms with Crippen molar-refractivity contribution in [3.8, 4) is 0 Å². The summed E-state index contributed by atoms with van der Waals surface area (Å²) in [6.45, 7) is 1.14. The Balaban J connectivity index is 2.22. The van der Waals surface area contributed by atoms with E-state index in [1.807, 2.05) is 16.3 Å². The quantitative estimate of drug-likeness (QED) is 0.919. The van der Waals surface area contributed by atoms with Gasteiger partial charge in [-0.05, 0) is 28.4 Å². The van der Waals surface area contributed by atoms with Gasteiger partial charge in [0, 0.05) is 40.8 Å². The second-order valence-corrected chi connectivity index (χ2v) is 6.25. The van der Waals surface area contributed by atoms with E-state index in [9.17, 15) is 4.79 Å². The Bertz CT molecular complexity index is 424. The second kappa shape index (κ2) is 6.14. The molecular formula is C12H17BrN2O2S. The molecule has 0 aromatic carbocycles. The van der Waals surface area contributed by atoms with Crippen molar-refractivity contribution in [1.82, 2.24) is 4.90 Å². The fourth-order valence-corrected chi connectivity index (χ4v) is 3.91. The molecule has 2 N–H and O–H groups in total. The van der Waals surface area contributed by atoms with Gasteiger partial charge in [0.05, 0.1) is 12.6 Å². The average Bonchev–Trinajstić information content (AvgIpc) is 2.76. The number of carbonyl (C=O) groups is 1. The van der Waals surface area contributed by atoms with Crippen LogP contribution in [0.4, 0.5) is 0 Å². The molecule has 1 aliphatic heterocycles. The minimum atomic E-state index is -0.0160. The molecule has 100 valence electrons. The van der Waals surface area contributed by atoms with Gasteiger partial charge in [0.2, 0.25) is 5.91 Å². The van der Waals surface area contributed by atoms with Gasteiger partial charge in [0.15, 0.2) is 0 Å². The summed E-state index contributed by atoms with van der Waals surface area (Å²) in [5.74, 6) is 0.170. The fourth-order valence-electron chi connectivity index (χ4n) is 2.28. The number of rotatable bonds is 4. The number of nitrogens with zero attached hydrogens (tertiary/aromatic N) is 1. The van der Waals surface area contributed by atoms with Crippen molar-refractivity contribution in [3.63, 3.8) is 0 Å². The van der Waals surface area contributed by atoms with E-state index >= 15 is 0 Å². The highest BCUT2D eigenvalue weighted by atomic mass is 79.9. The number of hydrogen-bond acceptors (Lipinski definition) is 4. The summed E-state index contributed by atoms with van der Waals surface area (Å²) < 4.78 is 6.12. The molecule has 1 aromatic rings. The van der Waals surface area contributed by atoms with Gasteiger partial charge in [-0.3, -0.25) is 4.79 Å². The number of piperidine rings is 1. The first-order valence-corrected chi connectivity index (χ1v) is 7.58. The van der Waals surface area contributed by atoms with Crippen LogP contribution in [0.3, 0.4) is 0 Å². The highest BCUT2D eigenvalue weighted by molar-refractivity contribution is 9.10. The molecule has 1 saturated heterocycles. The van der Waals surface area contributed by atoms with Crippen LogP contribution in [0.15, 0.2) is 15.9 Å². The zero-order valence-corrected chi connectivity index (χ0v) is 12.7. The monoisotopic (exact) mass is 332 g/mol. The standard InChI is InChI=1S/C12H17BrN2O2S/c1-17-5-4-15-11(16)3-2-9(14)12(15)10-6-8(13)7-18-10/h6-7,9,12H,2-5,14H2,1H3. The van der Waals surface area contributed by atoms with Crippen LogP contribution in [0, 0.1) is 0 Å². The third kappa shape index (κ3) is 2.93. The smallest absolute Gasteiger partial charge is 0.223 e. The Morgan fingerprint density at radius 3 is 3.06 bits per heavy atom. The van der Waals surface area contributed by atoms with Crippen LogP contribution in [-0.2, 0) is 9.53 Å². The molecule has 2 rings (SSSR count). The molecule has 0 spiro atoms. The van der Waals surface area contributed by atoms with Crippen LogP contribution < -0.4 is 5.73 Å². The van der Waals surface area contributed by atoms with Crippen molar-refractivity contribution in [2.45, 2.75) is 24.9 Å². The molecule has 1 aliphatic rings. The first-order valence-electron chi connectivity index (χ1n) is 5.91. The predicted octanol–water partition coefficient (Wildman–Crippen LogP) is 2.15. The van der Waals surface area contributed by atoms with Gasteiger partial charge in [-0.15, -0.1) is 11.3 Å². The van der Waals surface area contributed by atoms with Crippen molar-refractivity contribution in [2.24, 2.45) is 5.73 Å². The number of hydrogen-bond donors (Lipinski definition) is 1. The lowest BCUT2D eigenvalue weighted by Crippen LogP contribution is -2.49. The lowest BCUT2D eigenvalue weighted by molar-refractivity contribution is -0.138. The number of ether oxygens (including phenoxy) is 1. The number of methoxy groups -OCH3 is 1. The lowest BCUT2D eigenvalue weighted by Gasteiger charge is -2.39. The first-order chi connectivity index (χ1) is 8.63. The summed E-state index contributed by atoms with van der Waals surface area (Å²) in [5.41, 5.74) is 6.20. The number of halogens is 1. The molecule has 6 heteroatoms. The molecule has 18 heavy (non-hydrogen) atoms. The maximum atomic E-state index is 12.0. The molecule has 0 saturated carbocycles. The zero-order valence-electron chi connectivity index (χ0n) is 10.3. The Morgan fingerprint density at radius 1 is 1.67 bits per heavy atom. The molecule has 0 bridgehead atoms. The summed E-state index contributed by atoms with van der Waals surface area (Å²) in [7, 11) is 1.64. The predicted molar refractivity (Wildman–Crippen MR) is 75.6 cm³/mol. The molecule has 0 radical (unpaired) electrons. The molecule has 2 atom stereocenters. The molecule has 2 unspecified atom stereocenters. The number of nitrogens with two attached hydrogens (primary N) is 1. The highest BCUT2D eigenvalue weighted by Gasteiger charge is 2.35. The van der Waals surface area contributed by atoms with Crippen LogP contribution in [0.25, 0.3) is 0 Å². The maximum absolute atomic E-state index is 12.0. The van der Waals surface area contributed by atoms with Gasteiger partial charge in [-0.1, -0.05) is 0 Å². The van der Waals surface area contributed by atoms with Crippen LogP contribution in [0.5, 0.6) is 0 Å². The first kappa shape index (κ1) is 14.0. The van der Waals surface area contributed by atoms with Crippen molar-refractivity contribution in [2.75, 3.05) is 20.3 Å². The van der Waals surface area contributed by atoms with E-state index in [1.54, 1.807) is 18.4 Å². The third-order valence-electron chi connectivity index (χ3n) is 3.17. The molecule has 1 aromatic heterocycles. The van der Waals surface area contributed by atoms with Crippen molar-refractivity contribution < 1.29 is 9.53 Å². The molecule has 4 nitrogen and oxygen atoms in total. The minimum Gasteiger partial charge on any atom is -0.383 e. The van der Waals surface area contributed by atoms with Gasteiger partial charge in [0.25, 0.3) is 0 Å². The second-order valence-electron chi connectivity index (χ2n) is 4.39. The summed E-state index contributed by atoms with van der Waals surface area (Å²) in [6, 6.07) is 2.04. The number of amides is 1. The van der Waals surface area contributed by atoms with E-state index < -0.39 is 0 Å². The van der Waals surface area contributed by atoms with E-state index in [2.05, 4.69) is 15.9 Å². The molecule has 2 heterocycles. The molecule has 1 fully saturated rings. The summed E-state index contributed by atoms with van der Waals surface area (Å²) in [5, 5.41) is 2.02. The average molecular weight is 333 g/mol. The van der Waals surface area contributed by atoms with Crippen molar-refractivity contribution >= 4 is 33.2 Å². The fraction of sp³-hybridized carbons (Fsp3) is 0.583. The number of likely N-dealkylation sites (tertiary alicyclic amines) is 1. The minimum absolute atomic E-state index is 0.00473. The maximum Gasteiger partial charge on any atom is 0.223 e. The number of thiophene rings is 1. The topological polar surface area (TPSA) is 55.6 Å². The SMILES string of the molecule is COCCN1C(=O)CCC(N)C1c1cc(Br)cs1. The van der Waals surface area contributed by atoms with E-state index in [0.29, 0.717) is 19.6 Å². The van der Waals surface area contributed by atoms with Gasteiger partial charge in [-0.25, -0.2) is 0 Å². The summed E-state index contributed by atoms with van der Waals surface area (Å²) in [6.07, 6.45) is 1.29. The van der Waals surface area contributed by atoms with Gasteiger partial charge < -0.3 is 15.4 Å². The van der Waals surface area contributed by atoms with Crippen LogP contribution in [0.1, 0.15) is 23.8 Å². The van der Waals surface area contributed by atoms with Gasteiger partial charge in [-0.2, -0.15) is 0 Å². The molecule has 0 aliphatic carbocycles. The van der Waals surface area contributed by atoms with E-state index in [4.69, 9.17) is 10.5 Å². The number of carbonyl (C=O) groups excluding carboxylic acids is 1. The lowest BCUT2D eigenvalue weighted by atomic mass is 9.95. The van der Waals surface area contributed by atoms with Gasteiger partial charge >= 0.3 is 0 Å². The molecular weight excluding hydrogens is 316 g/mol. The zero-order chi connectivity index (χ0) is 13.1. The Labute approximate surface area is 119 Å². The Morgan fingerprint density at radius 2 is 2.44 bits per heavy atom. The molecule has 1 amide bonds. The normalized spacial score (nSPS) is 24.6. The third-order valence-corrected chi connectivity index (χ3v) is 4.93. The van der Waals surface area contributed by atoms with Crippen molar-refractivity contribution in [3.05, 3.63) is 20.8 Å². The Kier molecular flexibility index (Phi) is 4.77. The largest absolute Gasteiger partial charge is 0.383 e. The van der Waals surface area contributed by atoms with E-state index in [1.165, 1.54) is 0 Å². The van der Waals surface area contributed by atoms with Crippen molar-refractivity contribution in [1.29, 1.82) is 0 Å². The summed E-state index contributed by atoms with van der Waals surface area (Å²) >= 11 is 5.09. The van der Waals surface area contributed by atoms with Crippen LogP contribution in [0.2, 0.25) is 0 Å². The summed E-state index contributed by atoms with van der Waals surface area (Å²) in [4.78, 5) is 15.0. The van der Waals surface area contributed by atoms with Crippen LogP contribution >= 0.6 is 27.3 Å². The Hall–Kier alpha value is -0.430.